The molecule has 2 radical (unpaired) electrons. The summed E-state index contributed by atoms with van der Waals surface area (Å²) in [6.07, 6.45) is 27.8. The summed E-state index contributed by atoms with van der Waals surface area (Å²) in [4.78, 5) is 4.52. The number of rotatable bonds is 20. The highest BCUT2D eigenvalue weighted by atomic mass is 15.3. The van der Waals surface area contributed by atoms with Crippen LogP contribution >= 0.6 is 0 Å². The molecule has 0 aliphatic carbocycles. The Bertz CT molecular complexity index is 365. The van der Waals surface area contributed by atoms with Crippen LogP contribution in [0.3, 0.4) is 0 Å². The molecule has 0 bridgehead atoms. The Labute approximate surface area is 184 Å². The number of nitrogens with zero attached hydrogens (tertiary/aromatic N) is 2. The van der Waals surface area contributed by atoms with Crippen molar-refractivity contribution in [2.24, 2.45) is 0 Å². The first-order valence-corrected chi connectivity index (χ1v) is 13.2. The van der Waals surface area contributed by atoms with E-state index in [-0.39, 0.29) is 0 Å². The summed E-state index contributed by atoms with van der Waals surface area (Å²) in [6, 6.07) is 0. The highest BCUT2D eigenvalue weighted by molar-refractivity contribution is 5.20. The second-order valence-electron chi connectivity index (χ2n) is 9.27. The van der Waals surface area contributed by atoms with E-state index in [0.717, 1.165) is 0 Å². The predicted octanol–water partition coefficient (Wildman–Crippen LogP) is 8.91. The third-order valence-corrected chi connectivity index (χ3v) is 6.48. The Hall–Kier alpha value is -0.660. The molecular weight excluding hydrogens is 352 g/mol. The number of unbranched alkanes of at least 4 members (excludes halogenated alkanes) is 16. The maximum Gasteiger partial charge on any atom is 0.207 e. The Morgan fingerprint density at radius 2 is 0.724 bits per heavy atom. The molecular formula is C27H52N2. The van der Waals surface area contributed by atoms with Gasteiger partial charge in [-0.3, -0.25) is 0 Å². The number of hydrogen-bond donors (Lipinski definition) is 0. The van der Waals surface area contributed by atoms with Crippen molar-refractivity contribution in [1.82, 2.24) is 9.80 Å². The topological polar surface area (TPSA) is 6.48 Å². The first-order chi connectivity index (χ1) is 14.2. The monoisotopic (exact) mass is 404 g/mol. The van der Waals surface area contributed by atoms with Gasteiger partial charge in [0.05, 0.1) is 0 Å². The normalized spacial score (nSPS) is 14.5. The largest absolute Gasteiger partial charge is 0.346 e. The third-order valence-electron chi connectivity index (χ3n) is 6.48. The fourth-order valence-corrected chi connectivity index (χ4v) is 4.56. The molecule has 0 spiro atoms. The molecule has 1 aliphatic heterocycles. The molecule has 0 saturated carbocycles. The zero-order chi connectivity index (χ0) is 21.2. The lowest BCUT2D eigenvalue weighted by molar-refractivity contribution is 0.393. The summed E-state index contributed by atoms with van der Waals surface area (Å²) in [7, 11) is 4.37. The van der Waals surface area contributed by atoms with Crippen molar-refractivity contribution in [2.75, 3.05) is 14.1 Å². The maximum absolute atomic E-state index is 3.47. The quantitative estimate of drug-likeness (QED) is 0.187. The molecule has 0 N–H and O–H groups in total. The molecule has 2 nitrogen and oxygen atoms in total. The summed E-state index contributed by atoms with van der Waals surface area (Å²) >= 11 is 0. The second-order valence-corrected chi connectivity index (χ2v) is 9.27. The first-order valence-electron chi connectivity index (χ1n) is 13.2. The van der Waals surface area contributed by atoms with E-state index in [1.807, 2.05) is 0 Å². The summed E-state index contributed by atoms with van der Waals surface area (Å²) in [5.41, 5.74) is 3.07. The Kier molecular flexibility index (Phi) is 16.5. The average Bonchev–Trinajstić information content (AvgIpc) is 2.98. The molecule has 29 heavy (non-hydrogen) atoms. The molecule has 1 aliphatic rings. The van der Waals surface area contributed by atoms with Gasteiger partial charge in [0.25, 0.3) is 0 Å². The zero-order valence-electron chi connectivity index (χ0n) is 20.5. The second kappa shape index (κ2) is 18.1. The van der Waals surface area contributed by atoms with Gasteiger partial charge in [-0.05, 0) is 25.7 Å². The minimum Gasteiger partial charge on any atom is -0.346 e. The van der Waals surface area contributed by atoms with Crippen LogP contribution < -0.4 is 0 Å². The van der Waals surface area contributed by atoms with Gasteiger partial charge in [-0.1, -0.05) is 117 Å². The molecule has 0 fully saturated rings. The standard InChI is InChI=1S/C27H52N2/c1-5-7-9-11-13-15-17-19-21-23-26-27(29(4)25-28(26)3)24-22-20-18-16-14-12-10-8-6-2/h5-24H2,1-4H3. The molecule has 0 amide bonds. The van der Waals surface area contributed by atoms with Gasteiger partial charge in [0.15, 0.2) is 0 Å². The number of hydrogen-bond acceptors (Lipinski definition) is 2. The van der Waals surface area contributed by atoms with Gasteiger partial charge in [-0.15, -0.1) is 0 Å². The molecule has 0 atom stereocenters. The van der Waals surface area contributed by atoms with Crippen LogP contribution in [0.5, 0.6) is 0 Å². The van der Waals surface area contributed by atoms with Gasteiger partial charge >= 0.3 is 0 Å². The van der Waals surface area contributed by atoms with E-state index in [0.29, 0.717) is 0 Å². The Morgan fingerprint density at radius 3 is 1.03 bits per heavy atom. The summed E-state index contributed by atoms with van der Waals surface area (Å²) < 4.78 is 0. The minimum absolute atomic E-state index is 1.23. The van der Waals surface area contributed by atoms with E-state index in [2.05, 4.69) is 44.4 Å². The van der Waals surface area contributed by atoms with Gasteiger partial charge < -0.3 is 9.80 Å². The zero-order valence-corrected chi connectivity index (χ0v) is 20.5. The molecule has 0 saturated heterocycles. The van der Waals surface area contributed by atoms with Crippen LogP contribution in [-0.2, 0) is 0 Å². The lowest BCUT2D eigenvalue weighted by Crippen LogP contribution is -2.14. The molecule has 0 aromatic carbocycles. The van der Waals surface area contributed by atoms with Gasteiger partial charge in [-0.25, -0.2) is 0 Å². The number of allylic oxidation sites excluding steroid dienone is 2. The Morgan fingerprint density at radius 1 is 0.448 bits per heavy atom. The van der Waals surface area contributed by atoms with Crippen LogP contribution in [0, 0.1) is 6.67 Å². The molecule has 1 heterocycles. The molecule has 1 rings (SSSR count). The van der Waals surface area contributed by atoms with Crippen molar-refractivity contribution in [3.05, 3.63) is 18.1 Å². The maximum atomic E-state index is 3.47. The summed E-state index contributed by atoms with van der Waals surface area (Å²) in [6.45, 7) is 8.06. The minimum atomic E-state index is 1.23. The van der Waals surface area contributed by atoms with Crippen molar-refractivity contribution in [2.45, 2.75) is 142 Å². The van der Waals surface area contributed by atoms with Crippen molar-refractivity contribution in [3.8, 4) is 0 Å². The third kappa shape index (κ3) is 12.6. The lowest BCUT2D eigenvalue weighted by Gasteiger charge is -2.14. The van der Waals surface area contributed by atoms with Crippen molar-refractivity contribution >= 4 is 0 Å². The van der Waals surface area contributed by atoms with Crippen LogP contribution in [-0.4, -0.2) is 23.9 Å². The Balaban J connectivity index is 2.14. The fraction of sp³-hybridized carbons (Fsp3) is 0.889. The summed E-state index contributed by atoms with van der Waals surface area (Å²) in [5.74, 6) is 0. The van der Waals surface area contributed by atoms with Gasteiger partial charge in [-0.2, -0.15) is 0 Å². The van der Waals surface area contributed by atoms with Crippen LogP contribution in [0.15, 0.2) is 11.4 Å². The van der Waals surface area contributed by atoms with E-state index in [1.54, 1.807) is 0 Å². The van der Waals surface area contributed by atoms with Crippen molar-refractivity contribution in [1.29, 1.82) is 0 Å². The predicted molar refractivity (Wildman–Crippen MR) is 129 cm³/mol. The van der Waals surface area contributed by atoms with E-state index >= 15 is 0 Å². The van der Waals surface area contributed by atoms with Crippen LogP contribution in [0.2, 0.25) is 0 Å². The fourth-order valence-electron chi connectivity index (χ4n) is 4.56. The molecule has 0 unspecified atom stereocenters. The molecule has 0 aromatic heterocycles. The van der Waals surface area contributed by atoms with Crippen molar-refractivity contribution in [3.63, 3.8) is 0 Å². The van der Waals surface area contributed by atoms with E-state index in [9.17, 15) is 0 Å². The molecule has 170 valence electrons. The average molecular weight is 405 g/mol. The lowest BCUT2D eigenvalue weighted by atomic mass is 10.0. The van der Waals surface area contributed by atoms with E-state index in [1.165, 1.54) is 140 Å². The molecule has 0 aromatic rings. The first kappa shape index (κ1) is 26.4. The van der Waals surface area contributed by atoms with Crippen LogP contribution in [0.4, 0.5) is 0 Å². The highest BCUT2D eigenvalue weighted by Crippen LogP contribution is 2.31. The van der Waals surface area contributed by atoms with Gasteiger partial charge in [0.2, 0.25) is 6.67 Å². The SMILES string of the molecule is CCCCCCCCCCCC1=C(CCCCCCCCCCC)N(C)[C]N1C. The van der Waals surface area contributed by atoms with Crippen molar-refractivity contribution < 1.29 is 0 Å². The summed E-state index contributed by atoms with van der Waals surface area (Å²) in [5, 5.41) is 0. The highest BCUT2D eigenvalue weighted by Gasteiger charge is 2.24. The molecule has 2 heteroatoms. The van der Waals surface area contributed by atoms with E-state index < -0.39 is 0 Å². The van der Waals surface area contributed by atoms with E-state index in [4.69, 9.17) is 0 Å². The van der Waals surface area contributed by atoms with Crippen LogP contribution in [0.25, 0.3) is 0 Å². The van der Waals surface area contributed by atoms with Gasteiger partial charge in [0, 0.05) is 25.5 Å². The van der Waals surface area contributed by atoms with Gasteiger partial charge in [0.1, 0.15) is 0 Å². The van der Waals surface area contributed by atoms with Crippen LogP contribution in [0.1, 0.15) is 142 Å². The smallest absolute Gasteiger partial charge is 0.207 e.